The van der Waals surface area contributed by atoms with Crippen LogP contribution >= 0.6 is 0 Å². The predicted octanol–water partition coefficient (Wildman–Crippen LogP) is 2.89. The SMILES string of the molecule is Cc1nc(Cc2ccccc2F)nc(C)c1C(C)CN. The van der Waals surface area contributed by atoms with Crippen LogP contribution in [-0.2, 0) is 6.42 Å². The first-order valence-corrected chi connectivity index (χ1v) is 6.80. The predicted molar refractivity (Wildman–Crippen MR) is 78.2 cm³/mol. The molecule has 0 radical (unpaired) electrons. The Bertz CT molecular complexity index is 587. The van der Waals surface area contributed by atoms with E-state index in [4.69, 9.17) is 5.73 Å². The molecule has 2 N–H and O–H groups in total. The van der Waals surface area contributed by atoms with Gasteiger partial charge in [0.1, 0.15) is 11.6 Å². The molecule has 1 heterocycles. The van der Waals surface area contributed by atoms with Crippen molar-refractivity contribution in [3.8, 4) is 0 Å². The average Bonchev–Trinajstić information content (AvgIpc) is 2.40. The Kier molecular flexibility index (Phi) is 4.45. The van der Waals surface area contributed by atoms with Gasteiger partial charge in [-0.2, -0.15) is 0 Å². The molecule has 1 aromatic heterocycles. The van der Waals surface area contributed by atoms with E-state index in [0.717, 1.165) is 17.0 Å². The highest BCUT2D eigenvalue weighted by molar-refractivity contribution is 5.30. The summed E-state index contributed by atoms with van der Waals surface area (Å²) in [6, 6.07) is 6.73. The molecule has 0 saturated carbocycles. The Balaban J connectivity index is 2.34. The van der Waals surface area contributed by atoms with Gasteiger partial charge in [-0.05, 0) is 43.5 Å². The van der Waals surface area contributed by atoms with Crippen LogP contribution in [-0.4, -0.2) is 16.5 Å². The molecule has 0 bridgehead atoms. The van der Waals surface area contributed by atoms with E-state index in [9.17, 15) is 4.39 Å². The van der Waals surface area contributed by atoms with Crippen molar-refractivity contribution in [3.05, 3.63) is 58.4 Å². The van der Waals surface area contributed by atoms with Crippen LogP contribution in [0.2, 0.25) is 0 Å². The topological polar surface area (TPSA) is 51.8 Å². The third-order valence-electron chi connectivity index (χ3n) is 3.53. The fourth-order valence-electron chi connectivity index (χ4n) is 2.52. The zero-order valence-corrected chi connectivity index (χ0v) is 12.2. The molecule has 0 spiro atoms. The lowest BCUT2D eigenvalue weighted by Crippen LogP contribution is -2.15. The molecule has 4 heteroatoms. The van der Waals surface area contributed by atoms with Crippen molar-refractivity contribution < 1.29 is 4.39 Å². The lowest BCUT2D eigenvalue weighted by Gasteiger charge is -2.15. The second-order valence-electron chi connectivity index (χ2n) is 5.13. The zero-order chi connectivity index (χ0) is 14.7. The molecule has 0 aliphatic carbocycles. The van der Waals surface area contributed by atoms with E-state index in [-0.39, 0.29) is 11.7 Å². The number of hydrogen-bond donors (Lipinski definition) is 1. The largest absolute Gasteiger partial charge is 0.330 e. The normalized spacial score (nSPS) is 12.4. The van der Waals surface area contributed by atoms with Gasteiger partial charge in [0.2, 0.25) is 0 Å². The number of nitrogens with zero attached hydrogens (tertiary/aromatic N) is 2. The lowest BCUT2D eigenvalue weighted by atomic mass is 9.98. The van der Waals surface area contributed by atoms with Gasteiger partial charge in [-0.3, -0.25) is 0 Å². The summed E-state index contributed by atoms with van der Waals surface area (Å²) in [5.41, 5.74) is 9.30. The monoisotopic (exact) mass is 273 g/mol. The van der Waals surface area contributed by atoms with Crippen LogP contribution < -0.4 is 5.73 Å². The maximum absolute atomic E-state index is 13.7. The second kappa shape index (κ2) is 6.09. The van der Waals surface area contributed by atoms with Crippen molar-refractivity contribution in [2.75, 3.05) is 6.54 Å². The van der Waals surface area contributed by atoms with Crippen molar-refractivity contribution in [1.29, 1.82) is 0 Å². The maximum atomic E-state index is 13.7. The molecular formula is C16H20FN3. The Morgan fingerprint density at radius 1 is 1.15 bits per heavy atom. The summed E-state index contributed by atoms with van der Waals surface area (Å²) in [7, 11) is 0. The fraction of sp³-hybridized carbons (Fsp3) is 0.375. The zero-order valence-electron chi connectivity index (χ0n) is 12.2. The van der Waals surface area contributed by atoms with Crippen molar-refractivity contribution in [2.24, 2.45) is 5.73 Å². The minimum absolute atomic E-state index is 0.217. The van der Waals surface area contributed by atoms with Crippen LogP contribution in [0, 0.1) is 19.7 Å². The molecule has 1 unspecified atom stereocenters. The third-order valence-corrected chi connectivity index (χ3v) is 3.53. The first kappa shape index (κ1) is 14.6. The van der Waals surface area contributed by atoms with Gasteiger partial charge in [0, 0.05) is 17.8 Å². The summed E-state index contributed by atoms with van der Waals surface area (Å²) in [4.78, 5) is 9.01. The van der Waals surface area contributed by atoms with Gasteiger partial charge in [0.25, 0.3) is 0 Å². The van der Waals surface area contributed by atoms with E-state index >= 15 is 0 Å². The maximum Gasteiger partial charge on any atom is 0.133 e. The van der Waals surface area contributed by atoms with Crippen molar-refractivity contribution in [3.63, 3.8) is 0 Å². The van der Waals surface area contributed by atoms with Crippen LogP contribution in [0.25, 0.3) is 0 Å². The van der Waals surface area contributed by atoms with Gasteiger partial charge in [-0.15, -0.1) is 0 Å². The van der Waals surface area contributed by atoms with Crippen molar-refractivity contribution >= 4 is 0 Å². The Labute approximate surface area is 119 Å². The van der Waals surface area contributed by atoms with E-state index in [0.29, 0.717) is 24.4 Å². The molecule has 1 aromatic carbocycles. The van der Waals surface area contributed by atoms with Crippen molar-refractivity contribution in [1.82, 2.24) is 9.97 Å². The summed E-state index contributed by atoms with van der Waals surface area (Å²) in [6.07, 6.45) is 0.408. The Morgan fingerprint density at radius 3 is 2.30 bits per heavy atom. The second-order valence-corrected chi connectivity index (χ2v) is 5.13. The van der Waals surface area contributed by atoms with E-state index in [1.165, 1.54) is 6.07 Å². The van der Waals surface area contributed by atoms with Gasteiger partial charge in [0.05, 0.1) is 0 Å². The smallest absolute Gasteiger partial charge is 0.133 e. The molecule has 106 valence electrons. The van der Waals surface area contributed by atoms with E-state index in [1.807, 2.05) is 19.9 Å². The van der Waals surface area contributed by atoms with Crippen molar-refractivity contribution in [2.45, 2.75) is 33.1 Å². The number of aromatic nitrogens is 2. The van der Waals surface area contributed by atoms with Gasteiger partial charge in [-0.25, -0.2) is 14.4 Å². The van der Waals surface area contributed by atoms with Crippen LogP contribution in [0.15, 0.2) is 24.3 Å². The van der Waals surface area contributed by atoms with Crippen LogP contribution in [0.1, 0.15) is 41.2 Å². The van der Waals surface area contributed by atoms with Crippen LogP contribution in [0.4, 0.5) is 4.39 Å². The molecule has 0 amide bonds. The molecule has 1 atom stereocenters. The van der Waals surface area contributed by atoms with Gasteiger partial charge >= 0.3 is 0 Å². The summed E-state index contributed by atoms with van der Waals surface area (Å²) < 4.78 is 13.7. The highest BCUT2D eigenvalue weighted by Gasteiger charge is 2.14. The summed E-state index contributed by atoms with van der Waals surface area (Å²) in [5, 5.41) is 0. The first-order chi connectivity index (χ1) is 9.52. The summed E-state index contributed by atoms with van der Waals surface area (Å²) in [6.45, 7) is 6.55. The highest BCUT2D eigenvalue weighted by atomic mass is 19.1. The number of halogens is 1. The standard InChI is InChI=1S/C16H20FN3/c1-10(9-18)16-11(2)19-15(20-12(16)3)8-13-6-4-5-7-14(13)17/h4-7,10H,8-9,18H2,1-3H3. The number of benzene rings is 1. The molecular weight excluding hydrogens is 253 g/mol. The van der Waals surface area contributed by atoms with Gasteiger partial charge < -0.3 is 5.73 Å². The number of aryl methyl sites for hydroxylation is 2. The molecule has 0 fully saturated rings. The first-order valence-electron chi connectivity index (χ1n) is 6.80. The minimum Gasteiger partial charge on any atom is -0.330 e. The molecule has 0 aliphatic heterocycles. The average molecular weight is 273 g/mol. The molecule has 20 heavy (non-hydrogen) atoms. The number of hydrogen-bond acceptors (Lipinski definition) is 3. The molecule has 0 saturated heterocycles. The fourth-order valence-corrected chi connectivity index (χ4v) is 2.52. The third kappa shape index (κ3) is 3.02. The molecule has 0 aliphatic rings. The molecule has 2 aromatic rings. The van der Waals surface area contributed by atoms with Crippen LogP contribution in [0.3, 0.4) is 0 Å². The molecule has 2 rings (SSSR count). The summed E-state index contributed by atoms with van der Waals surface area (Å²) in [5.74, 6) is 0.668. The Morgan fingerprint density at radius 2 is 1.75 bits per heavy atom. The lowest BCUT2D eigenvalue weighted by molar-refractivity contribution is 0.611. The summed E-state index contributed by atoms with van der Waals surface area (Å²) >= 11 is 0. The number of rotatable bonds is 4. The molecule has 3 nitrogen and oxygen atoms in total. The van der Waals surface area contributed by atoms with E-state index in [1.54, 1.807) is 12.1 Å². The van der Waals surface area contributed by atoms with E-state index < -0.39 is 0 Å². The van der Waals surface area contributed by atoms with Gasteiger partial charge in [-0.1, -0.05) is 25.1 Å². The minimum atomic E-state index is -0.217. The quantitative estimate of drug-likeness (QED) is 0.932. The van der Waals surface area contributed by atoms with Crippen LogP contribution in [0.5, 0.6) is 0 Å². The highest BCUT2D eigenvalue weighted by Crippen LogP contribution is 2.21. The number of nitrogens with two attached hydrogens (primary N) is 1. The van der Waals surface area contributed by atoms with E-state index in [2.05, 4.69) is 16.9 Å². The Hall–Kier alpha value is -1.81. The van der Waals surface area contributed by atoms with Gasteiger partial charge in [0.15, 0.2) is 0 Å².